The van der Waals surface area contributed by atoms with Crippen molar-refractivity contribution in [3.8, 4) is 28.6 Å². The zero-order valence-corrected chi connectivity index (χ0v) is 19.6. The molecule has 7 nitrogen and oxygen atoms in total. The average Bonchev–Trinajstić information content (AvgIpc) is 2.86. The molecule has 0 aliphatic rings. The summed E-state index contributed by atoms with van der Waals surface area (Å²) in [5.74, 6) is 0.833. The molecule has 0 bridgehead atoms. The number of para-hydroxylation sites is 2. The van der Waals surface area contributed by atoms with E-state index in [-0.39, 0.29) is 22.5 Å². The Morgan fingerprint density at radius 3 is 2.15 bits per heavy atom. The van der Waals surface area contributed by atoms with Crippen LogP contribution in [0.2, 0.25) is 5.15 Å². The first-order chi connectivity index (χ1) is 16.4. The quantitative estimate of drug-likeness (QED) is 0.302. The van der Waals surface area contributed by atoms with E-state index < -0.39 is 10.0 Å². The highest BCUT2D eigenvalue weighted by Crippen LogP contribution is 2.39. The second-order valence-corrected chi connectivity index (χ2v) is 8.92. The second-order valence-electron chi connectivity index (χ2n) is 7.00. The van der Waals surface area contributed by atoms with Crippen LogP contribution in [0.1, 0.15) is 5.56 Å². The van der Waals surface area contributed by atoms with Crippen LogP contribution in [0.25, 0.3) is 17.5 Å². The van der Waals surface area contributed by atoms with Crippen LogP contribution in [-0.2, 0) is 10.0 Å². The molecule has 4 aromatic rings. The summed E-state index contributed by atoms with van der Waals surface area (Å²) in [4.78, 5) is 8.73. The zero-order chi connectivity index (χ0) is 24.0. The van der Waals surface area contributed by atoms with Crippen molar-refractivity contribution < 1.29 is 17.9 Å². The summed E-state index contributed by atoms with van der Waals surface area (Å²) in [6.07, 6.45) is 1.48. The van der Waals surface area contributed by atoms with Crippen molar-refractivity contribution in [1.82, 2.24) is 9.97 Å². The fraction of sp³-hybridized carbons (Fsp3) is 0.0400. The fourth-order valence-corrected chi connectivity index (χ4v) is 4.03. The van der Waals surface area contributed by atoms with Crippen molar-refractivity contribution in [2.75, 3.05) is 11.8 Å². The maximum Gasteiger partial charge on any atom is 0.256 e. The van der Waals surface area contributed by atoms with Gasteiger partial charge < -0.3 is 9.47 Å². The number of nitrogens with one attached hydrogen (secondary N) is 1. The zero-order valence-electron chi connectivity index (χ0n) is 18.1. The molecule has 0 fully saturated rings. The molecule has 0 aliphatic carbocycles. The molecular formula is C25H20ClN3O4S. The lowest BCUT2D eigenvalue weighted by Crippen LogP contribution is -2.12. The molecule has 0 radical (unpaired) electrons. The minimum absolute atomic E-state index is 0.0532. The molecule has 0 spiro atoms. The maximum atomic E-state index is 12.9. The van der Waals surface area contributed by atoms with E-state index in [0.29, 0.717) is 17.1 Å². The second kappa shape index (κ2) is 10.4. The topological polar surface area (TPSA) is 90.4 Å². The van der Waals surface area contributed by atoms with Crippen molar-refractivity contribution in [3.05, 3.63) is 101 Å². The molecule has 0 aliphatic heterocycles. The Morgan fingerprint density at radius 1 is 0.853 bits per heavy atom. The Kier molecular flexibility index (Phi) is 7.10. The number of ether oxygens (including phenoxy) is 2. The lowest BCUT2D eigenvalue weighted by atomic mass is 10.2. The molecule has 1 heterocycles. The first kappa shape index (κ1) is 23.3. The third-order valence-electron chi connectivity index (χ3n) is 4.62. The van der Waals surface area contributed by atoms with Crippen LogP contribution >= 0.6 is 11.6 Å². The van der Waals surface area contributed by atoms with Crippen molar-refractivity contribution in [2.24, 2.45) is 0 Å². The van der Waals surface area contributed by atoms with Gasteiger partial charge in [0.1, 0.15) is 0 Å². The Morgan fingerprint density at radius 2 is 1.47 bits per heavy atom. The van der Waals surface area contributed by atoms with Crippen LogP contribution in [-0.4, -0.2) is 25.5 Å². The number of hydrogen-bond donors (Lipinski definition) is 1. The first-order valence-corrected chi connectivity index (χ1v) is 12.1. The van der Waals surface area contributed by atoms with E-state index in [2.05, 4.69) is 14.7 Å². The summed E-state index contributed by atoms with van der Waals surface area (Å²) in [5, 5.41) is 0.984. The number of nitrogens with zero attached hydrogens (tertiary/aromatic N) is 2. The van der Waals surface area contributed by atoms with E-state index in [1.807, 2.05) is 36.4 Å². The van der Waals surface area contributed by atoms with Crippen molar-refractivity contribution in [1.29, 1.82) is 0 Å². The van der Waals surface area contributed by atoms with Gasteiger partial charge in [-0.05, 0) is 23.8 Å². The summed E-state index contributed by atoms with van der Waals surface area (Å²) < 4.78 is 39.5. The molecule has 0 amide bonds. The molecule has 1 N–H and O–H groups in total. The monoisotopic (exact) mass is 493 g/mol. The summed E-state index contributed by atoms with van der Waals surface area (Å²) in [6, 6.07) is 25.0. The van der Waals surface area contributed by atoms with Gasteiger partial charge in [-0.2, -0.15) is 0 Å². The fourth-order valence-electron chi connectivity index (χ4n) is 3.01. The minimum atomic E-state index is -3.97. The van der Waals surface area contributed by atoms with Crippen LogP contribution in [0.3, 0.4) is 0 Å². The van der Waals surface area contributed by atoms with Gasteiger partial charge in [0.25, 0.3) is 10.0 Å². The van der Waals surface area contributed by atoms with E-state index >= 15 is 0 Å². The van der Waals surface area contributed by atoms with Gasteiger partial charge in [0, 0.05) is 5.56 Å². The molecule has 1 aromatic heterocycles. The summed E-state index contributed by atoms with van der Waals surface area (Å²) in [6.45, 7) is 0. The van der Waals surface area contributed by atoms with Gasteiger partial charge >= 0.3 is 0 Å². The van der Waals surface area contributed by atoms with Gasteiger partial charge in [-0.1, -0.05) is 84.4 Å². The molecule has 3 aromatic carbocycles. The number of benzene rings is 3. The van der Waals surface area contributed by atoms with Gasteiger partial charge in [-0.25, -0.2) is 18.4 Å². The van der Waals surface area contributed by atoms with Crippen LogP contribution in [0, 0.1) is 0 Å². The normalized spacial score (nSPS) is 11.4. The number of halogens is 1. The highest BCUT2D eigenvalue weighted by atomic mass is 35.5. The third-order valence-corrected chi connectivity index (χ3v) is 5.84. The highest BCUT2D eigenvalue weighted by molar-refractivity contribution is 7.95. The molecule has 0 saturated heterocycles. The molecule has 9 heteroatoms. The lowest BCUT2D eigenvalue weighted by Gasteiger charge is -2.15. The van der Waals surface area contributed by atoms with E-state index in [4.69, 9.17) is 21.1 Å². The first-order valence-electron chi connectivity index (χ1n) is 10.1. The number of anilines is 1. The molecule has 0 unspecified atom stereocenters. The van der Waals surface area contributed by atoms with E-state index in [1.165, 1.54) is 13.2 Å². The number of hydrogen-bond acceptors (Lipinski definition) is 6. The Bertz CT molecular complexity index is 1410. The van der Waals surface area contributed by atoms with Crippen molar-refractivity contribution >= 4 is 33.5 Å². The number of rotatable bonds is 8. The summed E-state index contributed by atoms with van der Waals surface area (Å²) in [7, 11) is -2.47. The minimum Gasteiger partial charge on any atom is -0.493 e. The largest absolute Gasteiger partial charge is 0.493 e. The van der Waals surface area contributed by atoms with E-state index in [9.17, 15) is 8.42 Å². The summed E-state index contributed by atoms with van der Waals surface area (Å²) >= 11 is 6.46. The molecule has 172 valence electrons. The highest BCUT2D eigenvalue weighted by Gasteiger charge is 2.21. The Hall–Kier alpha value is -3.88. The predicted molar refractivity (Wildman–Crippen MR) is 134 cm³/mol. The van der Waals surface area contributed by atoms with E-state index in [1.54, 1.807) is 48.5 Å². The van der Waals surface area contributed by atoms with Crippen LogP contribution in [0.15, 0.2) is 90.3 Å². The molecule has 4 rings (SSSR count). The van der Waals surface area contributed by atoms with Crippen molar-refractivity contribution in [2.45, 2.75) is 0 Å². The maximum absolute atomic E-state index is 12.9. The number of methoxy groups -OCH3 is 1. The van der Waals surface area contributed by atoms with Gasteiger partial charge in [-0.15, -0.1) is 0 Å². The third kappa shape index (κ3) is 5.72. The number of sulfonamides is 1. The SMILES string of the molecule is COc1ccccc1Oc1c(Cl)nc(-c2ccccc2)nc1NS(=O)(=O)/C=C/c1ccccc1. The van der Waals surface area contributed by atoms with Crippen LogP contribution < -0.4 is 14.2 Å². The Balaban J connectivity index is 1.76. The number of aromatic nitrogens is 2. The van der Waals surface area contributed by atoms with E-state index in [0.717, 1.165) is 11.0 Å². The molecular weight excluding hydrogens is 474 g/mol. The predicted octanol–water partition coefficient (Wildman–Crippen LogP) is 6.01. The van der Waals surface area contributed by atoms with Gasteiger partial charge in [0.15, 0.2) is 28.3 Å². The summed E-state index contributed by atoms with van der Waals surface area (Å²) in [5.41, 5.74) is 1.39. The smallest absolute Gasteiger partial charge is 0.256 e. The molecule has 34 heavy (non-hydrogen) atoms. The van der Waals surface area contributed by atoms with Gasteiger partial charge in [0.2, 0.25) is 5.75 Å². The molecule has 0 saturated carbocycles. The van der Waals surface area contributed by atoms with Gasteiger partial charge in [-0.3, -0.25) is 4.72 Å². The Labute approximate surface area is 202 Å². The van der Waals surface area contributed by atoms with Gasteiger partial charge in [0.05, 0.1) is 12.5 Å². The molecule has 0 atom stereocenters. The van der Waals surface area contributed by atoms with Crippen LogP contribution in [0.4, 0.5) is 5.82 Å². The standard InChI is InChI=1S/C25H20ClN3O4S/c1-32-20-14-8-9-15-21(20)33-22-23(26)27-24(19-12-6-3-7-13-19)28-25(22)29-34(30,31)17-16-18-10-4-2-5-11-18/h2-17H,1H3,(H,27,28,29)/b17-16+. The van der Waals surface area contributed by atoms with Crippen molar-refractivity contribution in [3.63, 3.8) is 0 Å². The lowest BCUT2D eigenvalue weighted by molar-refractivity contribution is 0.378. The van der Waals surface area contributed by atoms with Crippen LogP contribution in [0.5, 0.6) is 17.2 Å². The average molecular weight is 494 g/mol.